The van der Waals surface area contributed by atoms with Crippen LogP contribution in [0.1, 0.15) is 19.4 Å². The number of hydrogen-bond donors (Lipinski definition) is 1. The van der Waals surface area contributed by atoms with Gasteiger partial charge in [-0.1, -0.05) is 12.1 Å². The Morgan fingerprint density at radius 3 is 2.69 bits per heavy atom. The number of anilines is 1. The summed E-state index contributed by atoms with van der Waals surface area (Å²) < 4.78 is 19.3. The van der Waals surface area contributed by atoms with Crippen LogP contribution in [-0.2, 0) is 11.3 Å². The van der Waals surface area contributed by atoms with Crippen LogP contribution in [0.5, 0.6) is 0 Å². The lowest BCUT2D eigenvalue weighted by Gasteiger charge is -2.10. The molecule has 3 rings (SSSR count). The largest absolute Gasteiger partial charge is 0.445 e. The fourth-order valence-electron chi connectivity index (χ4n) is 2.21. The summed E-state index contributed by atoms with van der Waals surface area (Å²) in [5.41, 5.74) is 1.51. The Morgan fingerprint density at radius 1 is 1.27 bits per heavy atom. The number of carbonyl (C=O) groups excluding carboxylic acids is 1. The lowest BCUT2D eigenvalue weighted by atomic mass is 10.2. The van der Waals surface area contributed by atoms with Crippen molar-refractivity contribution in [3.63, 3.8) is 0 Å². The van der Waals surface area contributed by atoms with Crippen LogP contribution in [0.2, 0.25) is 0 Å². The highest BCUT2D eigenvalue weighted by atomic mass is 19.1. The summed E-state index contributed by atoms with van der Waals surface area (Å²) >= 11 is 0. The molecular formula is C18H18FN5O2. The topological polar surface area (TPSA) is 81.9 Å². The first-order chi connectivity index (χ1) is 12.5. The molecule has 2 heterocycles. The molecule has 0 radical (unpaired) electrons. The monoisotopic (exact) mass is 355 g/mol. The maximum atomic E-state index is 13.0. The predicted molar refractivity (Wildman–Crippen MR) is 94.0 cm³/mol. The van der Waals surface area contributed by atoms with Gasteiger partial charge < -0.3 is 10.1 Å². The van der Waals surface area contributed by atoms with Gasteiger partial charge in [0.2, 0.25) is 5.95 Å². The van der Waals surface area contributed by atoms with E-state index in [9.17, 15) is 9.18 Å². The van der Waals surface area contributed by atoms with Crippen molar-refractivity contribution in [3.05, 3.63) is 60.2 Å². The Hall–Kier alpha value is -3.29. The molecule has 0 aliphatic heterocycles. The molecule has 0 bridgehead atoms. The summed E-state index contributed by atoms with van der Waals surface area (Å²) in [5, 5.41) is 7.27. The number of nitrogens with zero attached hydrogens (tertiary/aromatic N) is 4. The summed E-state index contributed by atoms with van der Waals surface area (Å²) in [4.78, 5) is 20.7. The summed E-state index contributed by atoms with van der Waals surface area (Å²) in [6, 6.07) is 9.60. The van der Waals surface area contributed by atoms with E-state index in [1.54, 1.807) is 50.5 Å². The number of rotatable bonds is 5. The summed E-state index contributed by atoms with van der Waals surface area (Å²) in [5.74, 6) is 0.274. The Morgan fingerprint density at radius 2 is 2.04 bits per heavy atom. The van der Waals surface area contributed by atoms with Crippen LogP contribution < -0.4 is 5.32 Å². The minimum Gasteiger partial charge on any atom is -0.445 e. The average molecular weight is 355 g/mol. The van der Waals surface area contributed by atoms with Crippen molar-refractivity contribution in [3.8, 4) is 11.4 Å². The van der Waals surface area contributed by atoms with Gasteiger partial charge in [0, 0.05) is 24.5 Å². The number of halogens is 1. The third-order valence-corrected chi connectivity index (χ3v) is 3.40. The fraction of sp³-hybridized carbons (Fsp3) is 0.222. The predicted octanol–water partition coefficient (Wildman–Crippen LogP) is 3.48. The second-order valence-electron chi connectivity index (χ2n) is 5.83. The zero-order valence-electron chi connectivity index (χ0n) is 14.4. The molecule has 0 amide bonds. The van der Waals surface area contributed by atoms with Gasteiger partial charge in [0.15, 0.2) is 5.82 Å². The molecule has 0 saturated carbocycles. The molecule has 2 aromatic heterocycles. The van der Waals surface area contributed by atoms with E-state index in [-0.39, 0.29) is 17.9 Å². The third-order valence-electron chi connectivity index (χ3n) is 3.40. The molecule has 26 heavy (non-hydrogen) atoms. The fourth-order valence-corrected chi connectivity index (χ4v) is 2.21. The average Bonchev–Trinajstić information content (AvgIpc) is 3.06. The Balaban J connectivity index is 1.87. The van der Waals surface area contributed by atoms with Crippen molar-refractivity contribution >= 4 is 12.0 Å². The van der Waals surface area contributed by atoms with Gasteiger partial charge in [-0.05, 0) is 43.7 Å². The second-order valence-corrected chi connectivity index (χ2v) is 5.83. The molecule has 0 atom stereocenters. The molecule has 134 valence electrons. The first-order valence-corrected chi connectivity index (χ1v) is 8.09. The molecule has 0 aliphatic carbocycles. The lowest BCUT2D eigenvalue weighted by Crippen LogP contribution is -2.21. The first-order valence-electron chi connectivity index (χ1n) is 8.09. The molecule has 8 heteroatoms. The number of aromatic nitrogens is 4. The summed E-state index contributed by atoms with van der Waals surface area (Å²) in [6.45, 7) is 3.85. The number of ether oxygens (including phenoxy) is 1. The van der Waals surface area contributed by atoms with Crippen molar-refractivity contribution < 1.29 is 13.9 Å². The van der Waals surface area contributed by atoms with Gasteiger partial charge in [0.1, 0.15) is 5.82 Å². The van der Waals surface area contributed by atoms with E-state index < -0.39 is 6.09 Å². The number of nitrogens with one attached hydrogen (secondary N) is 1. The third kappa shape index (κ3) is 4.21. The van der Waals surface area contributed by atoms with E-state index in [0.29, 0.717) is 17.9 Å². The summed E-state index contributed by atoms with van der Waals surface area (Å²) in [6.07, 6.45) is 2.32. The maximum absolute atomic E-state index is 13.0. The Labute approximate surface area is 149 Å². The van der Waals surface area contributed by atoms with Gasteiger partial charge in [-0.15, -0.1) is 9.78 Å². The molecule has 3 aromatic rings. The standard InChI is InChI=1S/C18H18FN5O2/c1-12(2)26-18(25)24-17(21-10-13-5-7-15(19)8-6-13)22-16(23-24)14-4-3-9-20-11-14/h3-9,11-12H,10H2,1-2H3,(H,21,22,23). The quantitative estimate of drug-likeness (QED) is 0.754. The highest BCUT2D eigenvalue weighted by Gasteiger charge is 2.19. The van der Waals surface area contributed by atoms with Gasteiger partial charge in [-0.2, -0.15) is 4.98 Å². The van der Waals surface area contributed by atoms with Gasteiger partial charge in [-0.25, -0.2) is 9.18 Å². The highest BCUT2D eigenvalue weighted by molar-refractivity contribution is 5.74. The van der Waals surface area contributed by atoms with Crippen LogP contribution in [0.3, 0.4) is 0 Å². The van der Waals surface area contributed by atoms with E-state index in [4.69, 9.17) is 4.74 Å². The molecule has 7 nitrogen and oxygen atoms in total. The minimum absolute atomic E-state index is 0.235. The molecule has 1 N–H and O–H groups in total. The van der Waals surface area contributed by atoms with E-state index in [1.807, 2.05) is 0 Å². The van der Waals surface area contributed by atoms with Crippen LogP contribution in [0.4, 0.5) is 15.1 Å². The van der Waals surface area contributed by atoms with Gasteiger partial charge in [-0.3, -0.25) is 4.98 Å². The maximum Gasteiger partial charge on any atom is 0.438 e. The van der Waals surface area contributed by atoms with Crippen molar-refractivity contribution in [1.29, 1.82) is 0 Å². The van der Waals surface area contributed by atoms with Crippen molar-refractivity contribution in [2.24, 2.45) is 0 Å². The molecule has 0 saturated heterocycles. The lowest BCUT2D eigenvalue weighted by molar-refractivity contribution is 0.114. The van der Waals surface area contributed by atoms with Crippen molar-refractivity contribution in [2.45, 2.75) is 26.5 Å². The van der Waals surface area contributed by atoms with E-state index in [2.05, 4.69) is 20.4 Å². The SMILES string of the molecule is CC(C)OC(=O)n1nc(-c2cccnc2)nc1NCc1ccc(F)cc1. The Bertz CT molecular complexity index is 878. The number of carbonyl (C=O) groups is 1. The first kappa shape index (κ1) is 17.5. The van der Waals surface area contributed by atoms with E-state index >= 15 is 0 Å². The molecule has 1 aromatic carbocycles. The second kappa shape index (κ2) is 7.73. The van der Waals surface area contributed by atoms with Crippen LogP contribution >= 0.6 is 0 Å². The molecule has 0 aliphatic rings. The van der Waals surface area contributed by atoms with Crippen LogP contribution in [0.25, 0.3) is 11.4 Å². The smallest absolute Gasteiger partial charge is 0.438 e. The molecule has 0 unspecified atom stereocenters. The minimum atomic E-state index is -0.635. The highest BCUT2D eigenvalue weighted by Crippen LogP contribution is 2.18. The van der Waals surface area contributed by atoms with Crippen LogP contribution in [0.15, 0.2) is 48.8 Å². The Kier molecular flexibility index (Phi) is 5.21. The number of pyridine rings is 1. The normalized spacial score (nSPS) is 10.8. The molecule has 0 spiro atoms. The van der Waals surface area contributed by atoms with E-state index in [1.165, 1.54) is 12.1 Å². The van der Waals surface area contributed by atoms with Gasteiger partial charge >= 0.3 is 6.09 Å². The van der Waals surface area contributed by atoms with E-state index in [0.717, 1.165) is 10.2 Å². The summed E-state index contributed by atoms with van der Waals surface area (Å²) in [7, 11) is 0. The van der Waals surface area contributed by atoms with Gasteiger partial charge in [0.05, 0.1) is 6.10 Å². The molecular weight excluding hydrogens is 337 g/mol. The zero-order valence-corrected chi connectivity index (χ0v) is 14.4. The van der Waals surface area contributed by atoms with Crippen molar-refractivity contribution in [2.75, 3.05) is 5.32 Å². The van der Waals surface area contributed by atoms with Crippen molar-refractivity contribution in [1.82, 2.24) is 19.7 Å². The zero-order chi connectivity index (χ0) is 18.5. The number of hydrogen-bond acceptors (Lipinski definition) is 6. The van der Waals surface area contributed by atoms with Crippen LogP contribution in [-0.4, -0.2) is 31.9 Å². The van der Waals surface area contributed by atoms with Gasteiger partial charge in [0.25, 0.3) is 0 Å². The molecule has 0 fully saturated rings. The van der Waals surface area contributed by atoms with Crippen LogP contribution in [0, 0.1) is 5.82 Å². The number of benzene rings is 1.